The third kappa shape index (κ3) is 4.06. The van der Waals surface area contributed by atoms with Crippen LogP contribution in [0.4, 0.5) is 0 Å². The second kappa shape index (κ2) is 6.61. The molecule has 1 amide bonds. The summed E-state index contributed by atoms with van der Waals surface area (Å²) in [7, 11) is 1.53. The lowest BCUT2D eigenvalue weighted by atomic mass is 10.2. The molecule has 6 heteroatoms. The minimum absolute atomic E-state index is 0.0305. The molecule has 1 atom stereocenters. The molecule has 0 aliphatic carbocycles. The maximum atomic E-state index is 11.6. The molecule has 0 radical (unpaired) electrons. The normalized spacial score (nSPS) is 11.7. The molecular weight excluding hydrogens is 238 g/mol. The average Bonchev–Trinajstić information content (AvgIpc) is 2.38. The lowest BCUT2D eigenvalue weighted by molar-refractivity contribution is -0.146. The Hall–Kier alpha value is -2.08. The standard InChI is InChI=1S/C12H15NO5/c1-18-9-4-2-8(3-5-9)11(15)13-7-6-10(14)12(16)17/h2-5,10,14H,6-7H2,1H3,(H,13,15)(H,16,17)/t10-/m0/s1. The summed E-state index contributed by atoms with van der Waals surface area (Å²) in [5.41, 5.74) is 0.445. The van der Waals surface area contributed by atoms with Crippen LogP contribution in [0.3, 0.4) is 0 Å². The summed E-state index contributed by atoms with van der Waals surface area (Å²) in [6.45, 7) is 0.0956. The first-order valence-electron chi connectivity index (χ1n) is 5.37. The molecule has 0 aliphatic rings. The second-order valence-corrected chi connectivity index (χ2v) is 3.63. The van der Waals surface area contributed by atoms with Gasteiger partial charge in [0.1, 0.15) is 5.75 Å². The molecule has 0 spiro atoms. The molecular formula is C12H15NO5. The Kier molecular flexibility index (Phi) is 5.13. The third-order valence-electron chi connectivity index (χ3n) is 2.34. The molecule has 1 aromatic carbocycles. The van der Waals surface area contributed by atoms with E-state index in [1.807, 2.05) is 0 Å². The van der Waals surface area contributed by atoms with E-state index in [9.17, 15) is 9.59 Å². The molecule has 0 aromatic heterocycles. The number of methoxy groups -OCH3 is 1. The molecule has 0 saturated carbocycles. The highest BCUT2D eigenvalue weighted by molar-refractivity contribution is 5.94. The highest BCUT2D eigenvalue weighted by Crippen LogP contribution is 2.10. The Morgan fingerprint density at radius 1 is 1.33 bits per heavy atom. The van der Waals surface area contributed by atoms with E-state index >= 15 is 0 Å². The van der Waals surface area contributed by atoms with Gasteiger partial charge in [-0.1, -0.05) is 0 Å². The molecule has 0 bridgehead atoms. The molecule has 0 heterocycles. The summed E-state index contributed by atoms with van der Waals surface area (Å²) in [6.07, 6.45) is -1.49. The van der Waals surface area contributed by atoms with Gasteiger partial charge >= 0.3 is 5.97 Å². The lowest BCUT2D eigenvalue weighted by Gasteiger charge is -2.07. The minimum atomic E-state index is -1.46. The summed E-state index contributed by atoms with van der Waals surface area (Å²) in [6, 6.07) is 6.51. The fourth-order valence-corrected chi connectivity index (χ4v) is 1.29. The first-order valence-corrected chi connectivity index (χ1v) is 5.37. The third-order valence-corrected chi connectivity index (χ3v) is 2.34. The van der Waals surface area contributed by atoms with Gasteiger partial charge in [-0.05, 0) is 24.3 Å². The van der Waals surface area contributed by atoms with E-state index in [0.717, 1.165) is 0 Å². The molecule has 0 saturated heterocycles. The average molecular weight is 253 g/mol. The Bertz CT molecular complexity index is 415. The van der Waals surface area contributed by atoms with E-state index in [0.29, 0.717) is 11.3 Å². The van der Waals surface area contributed by atoms with Crippen molar-refractivity contribution in [2.45, 2.75) is 12.5 Å². The van der Waals surface area contributed by atoms with E-state index in [1.165, 1.54) is 7.11 Å². The number of hydrogen-bond acceptors (Lipinski definition) is 4. The van der Waals surface area contributed by atoms with Crippen LogP contribution in [-0.4, -0.2) is 41.8 Å². The van der Waals surface area contributed by atoms with E-state index in [2.05, 4.69) is 5.32 Å². The molecule has 0 unspecified atom stereocenters. The van der Waals surface area contributed by atoms with Crippen LogP contribution < -0.4 is 10.1 Å². The molecule has 3 N–H and O–H groups in total. The first kappa shape index (κ1) is 14.0. The van der Waals surface area contributed by atoms with Crippen molar-refractivity contribution >= 4 is 11.9 Å². The van der Waals surface area contributed by atoms with Crippen molar-refractivity contribution in [1.29, 1.82) is 0 Å². The van der Waals surface area contributed by atoms with E-state index in [-0.39, 0.29) is 18.9 Å². The Morgan fingerprint density at radius 3 is 2.44 bits per heavy atom. The van der Waals surface area contributed by atoms with Crippen LogP contribution in [0, 0.1) is 0 Å². The number of ether oxygens (including phenoxy) is 1. The number of benzene rings is 1. The predicted octanol–water partition coefficient (Wildman–Crippen LogP) is 0.261. The van der Waals surface area contributed by atoms with Crippen LogP contribution >= 0.6 is 0 Å². The summed E-state index contributed by atoms with van der Waals surface area (Å²) < 4.78 is 4.96. The molecule has 0 aliphatic heterocycles. The highest BCUT2D eigenvalue weighted by atomic mass is 16.5. The van der Waals surface area contributed by atoms with Gasteiger partial charge in [-0.3, -0.25) is 4.79 Å². The van der Waals surface area contributed by atoms with E-state index < -0.39 is 12.1 Å². The zero-order valence-corrected chi connectivity index (χ0v) is 9.92. The number of carbonyl (C=O) groups excluding carboxylic acids is 1. The molecule has 98 valence electrons. The Morgan fingerprint density at radius 2 is 1.94 bits per heavy atom. The number of aliphatic hydroxyl groups excluding tert-OH is 1. The topological polar surface area (TPSA) is 95.9 Å². The van der Waals surface area contributed by atoms with Crippen LogP contribution in [0.5, 0.6) is 5.75 Å². The van der Waals surface area contributed by atoms with Gasteiger partial charge in [0, 0.05) is 18.5 Å². The molecule has 1 rings (SSSR count). The van der Waals surface area contributed by atoms with Gasteiger partial charge in [-0.2, -0.15) is 0 Å². The fraction of sp³-hybridized carbons (Fsp3) is 0.333. The maximum Gasteiger partial charge on any atom is 0.332 e. The van der Waals surface area contributed by atoms with Crippen molar-refractivity contribution in [1.82, 2.24) is 5.32 Å². The van der Waals surface area contributed by atoms with Gasteiger partial charge in [0.05, 0.1) is 7.11 Å². The SMILES string of the molecule is COc1ccc(C(=O)NCC[C@H](O)C(=O)O)cc1. The van der Waals surface area contributed by atoms with E-state index in [4.69, 9.17) is 14.9 Å². The van der Waals surface area contributed by atoms with Gasteiger partial charge in [0.25, 0.3) is 5.91 Å². The van der Waals surface area contributed by atoms with Crippen LogP contribution in [0.2, 0.25) is 0 Å². The van der Waals surface area contributed by atoms with E-state index in [1.54, 1.807) is 24.3 Å². The molecule has 0 fully saturated rings. The quantitative estimate of drug-likeness (QED) is 0.676. The summed E-state index contributed by atoms with van der Waals surface area (Å²) in [5.74, 6) is -0.975. The van der Waals surface area contributed by atoms with Crippen molar-refractivity contribution in [2.75, 3.05) is 13.7 Å². The molecule has 18 heavy (non-hydrogen) atoms. The van der Waals surface area contributed by atoms with Crippen LogP contribution in [0.25, 0.3) is 0 Å². The fourth-order valence-electron chi connectivity index (χ4n) is 1.29. The highest BCUT2D eigenvalue weighted by Gasteiger charge is 2.13. The number of carboxylic acids is 1. The van der Waals surface area contributed by atoms with Gasteiger partial charge in [-0.25, -0.2) is 4.79 Å². The second-order valence-electron chi connectivity index (χ2n) is 3.63. The van der Waals surface area contributed by atoms with Crippen molar-refractivity contribution in [3.05, 3.63) is 29.8 Å². The number of hydrogen-bond donors (Lipinski definition) is 3. The van der Waals surface area contributed by atoms with Gasteiger partial charge < -0.3 is 20.3 Å². The van der Waals surface area contributed by atoms with Crippen LogP contribution in [0.15, 0.2) is 24.3 Å². The van der Waals surface area contributed by atoms with Crippen molar-refractivity contribution in [3.8, 4) is 5.75 Å². The predicted molar refractivity (Wildman–Crippen MR) is 63.6 cm³/mol. The number of aliphatic hydroxyl groups is 1. The van der Waals surface area contributed by atoms with Crippen molar-refractivity contribution in [2.24, 2.45) is 0 Å². The summed E-state index contributed by atoms with van der Waals surface area (Å²) in [5, 5.41) is 20.0. The summed E-state index contributed by atoms with van der Waals surface area (Å²) >= 11 is 0. The Labute approximate surface area is 104 Å². The number of carboxylic acid groups (broad SMARTS) is 1. The smallest absolute Gasteiger partial charge is 0.332 e. The molecule has 6 nitrogen and oxygen atoms in total. The van der Waals surface area contributed by atoms with Crippen molar-refractivity contribution < 1.29 is 24.5 Å². The largest absolute Gasteiger partial charge is 0.497 e. The molecule has 1 aromatic rings. The first-order chi connectivity index (χ1) is 8.54. The monoisotopic (exact) mass is 253 g/mol. The number of aliphatic carboxylic acids is 1. The van der Waals surface area contributed by atoms with Crippen LogP contribution in [0.1, 0.15) is 16.8 Å². The van der Waals surface area contributed by atoms with Gasteiger partial charge in [-0.15, -0.1) is 0 Å². The van der Waals surface area contributed by atoms with Gasteiger partial charge in [0.15, 0.2) is 6.10 Å². The number of nitrogens with one attached hydrogen (secondary N) is 1. The maximum absolute atomic E-state index is 11.6. The lowest BCUT2D eigenvalue weighted by Crippen LogP contribution is -2.30. The zero-order valence-electron chi connectivity index (χ0n) is 9.92. The number of amides is 1. The summed E-state index contributed by atoms with van der Waals surface area (Å²) in [4.78, 5) is 22.0. The Balaban J connectivity index is 2.42. The zero-order chi connectivity index (χ0) is 13.5. The van der Waals surface area contributed by atoms with Crippen LogP contribution in [-0.2, 0) is 4.79 Å². The minimum Gasteiger partial charge on any atom is -0.497 e. The number of rotatable bonds is 6. The van der Waals surface area contributed by atoms with Crippen molar-refractivity contribution in [3.63, 3.8) is 0 Å². The van der Waals surface area contributed by atoms with Gasteiger partial charge in [0.2, 0.25) is 0 Å². The number of carbonyl (C=O) groups is 2.